The van der Waals surface area contributed by atoms with E-state index in [4.69, 9.17) is 0 Å². The molecule has 0 bridgehead atoms. The largest absolute Gasteiger partial charge is 0.312 e. The molecular formula is C16H24N2. The summed E-state index contributed by atoms with van der Waals surface area (Å²) in [5.74, 6) is 0. The van der Waals surface area contributed by atoms with E-state index in [0.717, 1.165) is 18.6 Å². The maximum atomic E-state index is 3.70. The van der Waals surface area contributed by atoms with Gasteiger partial charge in [0.25, 0.3) is 0 Å². The number of likely N-dealkylation sites (tertiary alicyclic amines) is 1. The number of rotatable bonds is 5. The zero-order valence-electron chi connectivity index (χ0n) is 11.1. The summed E-state index contributed by atoms with van der Waals surface area (Å²) in [4.78, 5) is 2.67. The molecule has 2 fully saturated rings. The second-order valence-corrected chi connectivity index (χ2v) is 5.79. The molecule has 1 aliphatic heterocycles. The van der Waals surface area contributed by atoms with Crippen LogP contribution < -0.4 is 5.32 Å². The highest BCUT2D eigenvalue weighted by Crippen LogP contribution is 2.22. The molecule has 1 atom stereocenters. The Hall–Kier alpha value is -0.860. The fourth-order valence-electron chi connectivity index (χ4n) is 2.91. The lowest BCUT2D eigenvalue weighted by atomic mass is 10.0. The van der Waals surface area contributed by atoms with Crippen LogP contribution in [0.3, 0.4) is 0 Å². The van der Waals surface area contributed by atoms with Gasteiger partial charge in [-0.2, -0.15) is 0 Å². The molecule has 0 aromatic heterocycles. The molecule has 1 saturated carbocycles. The molecule has 2 nitrogen and oxygen atoms in total. The van der Waals surface area contributed by atoms with E-state index >= 15 is 0 Å². The molecule has 1 aromatic rings. The third-order valence-electron chi connectivity index (χ3n) is 4.20. The Kier molecular flexibility index (Phi) is 3.96. The lowest BCUT2D eigenvalue weighted by Crippen LogP contribution is -2.45. The van der Waals surface area contributed by atoms with Crippen molar-refractivity contribution < 1.29 is 0 Å². The van der Waals surface area contributed by atoms with Crippen molar-refractivity contribution in [1.82, 2.24) is 10.2 Å². The molecule has 18 heavy (non-hydrogen) atoms. The van der Waals surface area contributed by atoms with Crippen LogP contribution in [0.25, 0.3) is 0 Å². The Labute approximate surface area is 110 Å². The SMILES string of the molecule is c1ccc(CN2CCCCC2CNC2CC2)cc1. The molecule has 1 heterocycles. The van der Waals surface area contributed by atoms with Crippen LogP contribution in [0.5, 0.6) is 0 Å². The summed E-state index contributed by atoms with van der Waals surface area (Å²) in [6, 6.07) is 12.5. The molecule has 0 amide bonds. The highest BCUT2D eigenvalue weighted by atomic mass is 15.2. The van der Waals surface area contributed by atoms with Gasteiger partial charge in [-0.25, -0.2) is 0 Å². The van der Waals surface area contributed by atoms with Gasteiger partial charge in [0.2, 0.25) is 0 Å². The molecule has 2 aliphatic rings. The Balaban J connectivity index is 1.56. The molecule has 3 rings (SSSR count). The molecule has 1 N–H and O–H groups in total. The summed E-state index contributed by atoms with van der Waals surface area (Å²) in [7, 11) is 0. The topological polar surface area (TPSA) is 15.3 Å². The van der Waals surface area contributed by atoms with Crippen molar-refractivity contribution in [2.45, 2.75) is 50.7 Å². The van der Waals surface area contributed by atoms with Crippen molar-refractivity contribution in [3.63, 3.8) is 0 Å². The van der Waals surface area contributed by atoms with Crippen LogP contribution in [-0.4, -0.2) is 30.1 Å². The molecule has 1 saturated heterocycles. The predicted octanol–water partition coefficient (Wildman–Crippen LogP) is 2.79. The lowest BCUT2D eigenvalue weighted by molar-refractivity contribution is 0.137. The van der Waals surface area contributed by atoms with Crippen molar-refractivity contribution in [3.8, 4) is 0 Å². The van der Waals surface area contributed by atoms with Gasteiger partial charge in [-0.05, 0) is 37.8 Å². The average Bonchev–Trinajstić information content (AvgIpc) is 3.23. The van der Waals surface area contributed by atoms with Crippen LogP contribution >= 0.6 is 0 Å². The lowest BCUT2D eigenvalue weighted by Gasteiger charge is -2.36. The molecule has 2 heteroatoms. The molecule has 1 aliphatic carbocycles. The minimum absolute atomic E-state index is 0.750. The van der Waals surface area contributed by atoms with Gasteiger partial charge >= 0.3 is 0 Å². The predicted molar refractivity (Wildman–Crippen MR) is 75.5 cm³/mol. The van der Waals surface area contributed by atoms with Gasteiger partial charge in [-0.1, -0.05) is 36.8 Å². The number of hydrogen-bond acceptors (Lipinski definition) is 2. The summed E-state index contributed by atoms with van der Waals surface area (Å²) < 4.78 is 0. The maximum Gasteiger partial charge on any atom is 0.0237 e. The fraction of sp³-hybridized carbons (Fsp3) is 0.625. The quantitative estimate of drug-likeness (QED) is 0.857. The number of nitrogens with zero attached hydrogens (tertiary/aromatic N) is 1. The molecule has 1 unspecified atom stereocenters. The van der Waals surface area contributed by atoms with Crippen molar-refractivity contribution in [1.29, 1.82) is 0 Å². The molecule has 0 spiro atoms. The molecule has 0 radical (unpaired) electrons. The second-order valence-electron chi connectivity index (χ2n) is 5.79. The molecular weight excluding hydrogens is 220 g/mol. The van der Waals surface area contributed by atoms with Gasteiger partial charge in [0, 0.05) is 25.2 Å². The number of hydrogen-bond donors (Lipinski definition) is 1. The van der Waals surface area contributed by atoms with Gasteiger partial charge in [-0.15, -0.1) is 0 Å². The zero-order valence-corrected chi connectivity index (χ0v) is 11.1. The first-order valence-corrected chi connectivity index (χ1v) is 7.43. The summed E-state index contributed by atoms with van der Waals surface area (Å²) in [6.45, 7) is 3.58. The van der Waals surface area contributed by atoms with Crippen LogP contribution in [-0.2, 0) is 6.54 Å². The normalized spacial score (nSPS) is 25.2. The first kappa shape index (κ1) is 12.2. The summed E-state index contributed by atoms with van der Waals surface area (Å²) in [5.41, 5.74) is 1.45. The third-order valence-corrected chi connectivity index (χ3v) is 4.20. The maximum absolute atomic E-state index is 3.70. The van der Waals surface area contributed by atoms with E-state index in [1.165, 1.54) is 50.8 Å². The van der Waals surface area contributed by atoms with Crippen LogP contribution in [0.4, 0.5) is 0 Å². The Bertz CT molecular complexity index is 359. The first-order valence-electron chi connectivity index (χ1n) is 7.43. The number of nitrogens with one attached hydrogen (secondary N) is 1. The Morgan fingerprint density at radius 1 is 1.06 bits per heavy atom. The van der Waals surface area contributed by atoms with Crippen molar-refractivity contribution in [2.75, 3.05) is 13.1 Å². The van der Waals surface area contributed by atoms with E-state index in [9.17, 15) is 0 Å². The van der Waals surface area contributed by atoms with E-state index in [1.807, 2.05) is 0 Å². The molecule has 98 valence electrons. The fourth-order valence-corrected chi connectivity index (χ4v) is 2.91. The van der Waals surface area contributed by atoms with Gasteiger partial charge in [0.1, 0.15) is 0 Å². The first-order chi connectivity index (χ1) is 8.92. The Morgan fingerprint density at radius 3 is 2.67 bits per heavy atom. The monoisotopic (exact) mass is 244 g/mol. The number of piperidine rings is 1. The van der Waals surface area contributed by atoms with Crippen molar-refractivity contribution in [2.24, 2.45) is 0 Å². The minimum atomic E-state index is 0.750. The van der Waals surface area contributed by atoms with E-state index in [0.29, 0.717) is 0 Å². The van der Waals surface area contributed by atoms with Gasteiger partial charge < -0.3 is 5.32 Å². The van der Waals surface area contributed by atoms with Crippen molar-refractivity contribution >= 4 is 0 Å². The van der Waals surface area contributed by atoms with E-state index in [1.54, 1.807) is 0 Å². The van der Waals surface area contributed by atoms with E-state index < -0.39 is 0 Å². The van der Waals surface area contributed by atoms with Crippen LogP contribution in [0, 0.1) is 0 Å². The number of benzene rings is 1. The summed E-state index contributed by atoms with van der Waals surface area (Å²) >= 11 is 0. The second kappa shape index (κ2) is 5.85. The highest BCUT2D eigenvalue weighted by Gasteiger charge is 2.26. The van der Waals surface area contributed by atoms with Gasteiger partial charge in [-0.3, -0.25) is 4.90 Å². The summed E-state index contributed by atoms with van der Waals surface area (Å²) in [5, 5.41) is 3.70. The minimum Gasteiger partial charge on any atom is -0.312 e. The van der Waals surface area contributed by atoms with Gasteiger partial charge in [0.15, 0.2) is 0 Å². The Morgan fingerprint density at radius 2 is 1.89 bits per heavy atom. The smallest absolute Gasteiger partial charge is 0.0237 e. The summed E-state index contributed by atoms with van der Waals surface area (Å²) in [6.07, 6.45) is 6.93. The van der Waals surface area contributed by atoms with Crippen molar-refractivity contribution in [3.05, 3.63) is 35.9 Å². The van der Waals surface area contributed by atoms with Gasteiger partial charge in [0.05, 0.1) is 0 Å². The van der Waals surface area contributed by atoms with Crippen LogP contribution in [0.2, 0.25) is 0 Å². The third kappa shape index (κ3) is 3.33. The van der Waals surface area contributed by atoms with Crippen LogP contribution in [0.15, 0.2) is 30.3 Å². The average molecular weight is 244 g/mol. The molecule has 1 aromatic carbocycles. The zero-order chi connectivity index (χ0) is 12.2. The van der Waals surface area contributed by atoms with E-state index in [2.05, 4.69) is 40.5 Å². The highest BCUT2D eigenvalue weighted by molar-refractivity contribution is 5.14. The van der Waals surface area contributed by atoms with Crippen LogP contribution in [0.1, 0.15) is 37.7 Å². The van der Waals surface area contributed by atoms with E-state index in [-0.39, 0.29) is 0 Å². The standard InChI is InChI=1S/C16H24N2/c1-2-6-14(7-3-1)13-18-11-5-4-8-16(18)12-17-15-9-10-15/h1-3,6-7,15-17H,4-5,8-13H2.